The molecule has 0 atom stereocenters. The van der Waals surface area contributed by atoms with E-state index < -0.39 is 0 Å². The number of imidazole rings is 1. The number of aromatic hydroxyl groups is 1. The molecule has 0 aromatic carbocycles. The molecule has 0 radical (unpaired) electrons. The molecule has 2 aromatic rings. The first-order valence-electron chi connectivity index (χ1n) is 8.21. The number of hydrogen-bond acceptors (Lipinski definition) is 4. The van der Waals surface area contributed by atoms with Gasteiger partial charge in [-0.1, -0.05) is 19.3 Å². The van der Waals surface area contributed by atoms with Crippen LogP contribution in [0, 0.1) is 0 Å². The van der Waals surface area contributed by atoms with Gasteiger partial charge in [-0.05, 0) is 37.1 Å². The molecule has 0 saturated heterocycles. The third-order valence-electron chi connectivity index (χ3n) is 4.74. The molecule has 118 valence electrons. The van der Waals surface area contributed by atoms with Crippen molar-refractivity contribution < 1.29 is 5.11 Å². The fourth-order valence-electron chi connectivity index (χ4n) is 3.49. The highest BCUT2D eigenvalue weighted by Crippen LogP contribution is 2.34. The molecule has 0 bridgehead atoms. The number of pyridine rings is 1. The molecule has 1 aliphatic carbocycles. The van der Waals surface area contributed by atoms with Crippen LogP contribution in [0.15, 0.2) is 29.0 Å². The average Bonchev–Trinajstić information content (AvgIpc) is 3.11. The number of aromatic nitrogens is 3. The minimum absolute atomic E-state index is 0.214. The van der Waals surface area contributed by atoms with Gasteiger partial charge in [-0.2, -0.15) is 0 Å². The molecule has 23 heavy (non-hydrogen) atoms. The van der Waals surface area contributed by atoms with Crippen LogP contribution in [0.4, 0.5) is 0 Å². The number of rotatable bonds is 2. The van der Waals surface area contributed by atoms with Gasteiger partial charge in [-0.15, -0.1) is 0 Å². The van der Waals surface area contributed by atoms with E-state index in [1.807, 2.05) is 35.9 Å². The molecule has 0 unspecified atom stereocenters. The van der Waals surface area contributed by atoms with E-state index in [2.05, 4.69) is 9.98 Å². The molecule has 1 aliphatic heterocycles. The first-order chi connectivity index (χ1) is 11.2. The molecule has 3 heterocycles. The molecule has 5 nitrogen and oxygen atoms in total. The average molecular weight is 308 g/mol. The van der Waals surface area contributed by atoms with E-state index in [1.54, 1.807) is 6.20 Å². The Morgan fingerprint density at radius 2 is 2.09 bits per heavy atom. The lowest BCUT2D eigenvalue weighted by Crippen LogP contribution is -2.23. The Labute approximate surface area is 134 Å². The van der Waals surface area contributed by atoms with Crippen molar-refractivity contribution in [2.24, 2.45) is 12.0 Å². The quantitative estimate of drug-likeness (QED) is 0.923. The summed E-state index contributed by atoms with van der Waals surface area (Å²) in [4.78, 5) is 13.4. The van der Waals surface area contributed by atoms with Crippen LogP contribution in [0.2, 0.25) is 0 Å². The summed E-state index contributed by atoms with van der Waals surface area (Å²) in [5.74, 6) is 1.66. The van der Waals surface area contributed by atoms with Crippen LogP contribution in [-0.4, -0.2) is 19.6 Å². The largest absolute Gasteiger partial charge is 0.493 e. The summed E-state index contributed by atoms with van der Waals surface area (Å²) >= 11 is 0. The highest BCUT2D eigenvalue weighted by molar-refractivity contribution is 5.66. The predicted molar refractivity (Wildman–Crippen MR) is 88.2 cm³/mol. The Kier molecular flexibility index (Phi) is 3.48. The molecule has 5 heteroatoms. The maximum atomic E-state index is 10.4. The van der Waals surface area contributed by atoms with E-state index in [0.29, 0.717) is 11.6 Å². The van der Waals surface area contributed by atoms with E-state index in [-0.39, 0.29) is 5.88 Å². The number of allylic oxidation sites excluding steroid dienone is 1. The third kappa shape index (κ3) is 2.56. The van der Waals surface area contributed by atoms with Gasteiger partial charge in [-0.3, -0.25) is 0 Å². The number of hydrogen-bond donors (Lipinski definition) is 1. The first kappa shape index (κ1) is 14.2. The zero-order chi connectivity index (χ0) is 15.8. The summed E-state index contributed by atoms with van der Waals surface area (Å²) in [6.07, 6.45) is 11.7. The molecule has 2 aromatic heterocycles. The van der Waals surface area contributed by atoms with Crippen LogP contribution in [0.3, 0.4) is 0 Å². The zero-order valence-electron chi connectivity index (χ0n) is 13.2. The van der Waals surface area contributed by atoms with E-state index >= 15 is 0 Å². The van der Waals surface area contributed by atoms with E-state index in [1.165, 1.54) is 19.3 Å². The Hall–Kier alpha value is -2.43. The topological polar surface area (TPSA) is 63.3 Å². The minimum atomic E-state index is 0.214. The van der Waals surface area contributed by atoms with Crippen molar-refractivity contribution in [3.05, 3.63) is 46.3 Å². The van der Waals surface area contributed by atoms with Gasteiger partial charge in [0.05, 0.1) is 5.70 Å². The second-order valence-electron chi connectivity index (χ2n) is 6.31. The van der Waals surface area contributed by atoms with Crippen molar-refractivity contribution in [1.82, 2.24) is 14.5 Å². The van der Waals surface area contributed by atoms with Crippen LogP contribution in [0.1, 0.15) is 49.5 Å². The Morgan fingerprint density at radius 1 is 1.26 bits per heavy atom. The molecule has 1 N–H and O–H groups in total. The molecule has 4 rings (SSSR count). The fraction of sp³-hybridized carbons (Fsp3) is 0.389. The first-order valence-corrected chi connectivity index (χ1v) is 8.21. The van der Waals surface area contributed by atoms with Crippen molar-refractivity contribution in [1.29, 1.82) is 0 Å². The highest BCUT2D eigenvalue weighted by atomic mass is 16.3. The fourth-order valence-corrected chi connectivity index (χ4v) is 3.49. The summed E-state index contributed by atoms with van der Waals surface area (Å²) in [7, 11) is 1.89. The van der Waals surface area contributed by atoms with E-state index in [4.69, 9.17) is 4.98 Å². The molecule has 2 aliphatic rings. The second-order valence-corrected chi connectivity index (χ2v) is 6.31. The monoisotopic (exact) mass is 308 g/mol. The summed E-state index contributed by atoms with van der Waals surface area (Å²) in [5, 5.41) is 11.4. The van der Waals surface area contributed by atoms with Crippen LogP contribution in [-0.2, 0) is 7.05 Å². The van der Waals surface area contributed by atoms with Gasteiger partial charge >= 0.3 is 0 Å². The molecule has 1 fully saturated rings. The molecular formula is C18H20N4O. The van der Waals surface area contributed by atoms with Gasteiger partial charge in [0.2, 0.25) is 5.88 Å². The smallest absolute Gasteiger partial charge is 0.218 e. The van der Waals surface area contributed by atoms with Gasteiger partial charge in [-0.25, -0.2) is 15.0 Å². The van der Waals surface area contributed by atoms with Crippen LogP contribution < -0.4 is 10.7 Å². The predicted octanol–water partition coefficient (Wildman–Crippen LogP) is 2.02. The number of nitrogens with zero attached hydrogens (tertiary/aromatic N) is 4. The lowest BCUT2D eigenvalue weighted by Gasteiger charge is -2.20. The van der Waals surface area contributed by atoms with Crippen molar-refractivity contribution in [3.63, 3.8) is 0 Å². The summed E-state index contributed by atoms with van der Waals surface area (Å²) in [6, 6.07) is 3.88. The third-order valence-corrected chi connectivity index (χ3v) is 4.74. The SMILES string of the molecule is Cn1c(C2CCCCC2)nc(C=C2C=c3cccnc3=N2)c1O. The number of fused-ring (bicyclic) bond motifs is 1. The van der Waals surface area contributed by atoms with Gasteiger partial charge in [0.1, 0.15) is 11.5 Å². The van der Waals surface area contributed by atoms with Gasteiger partial charge in [0.15, 0.2) is 5.49 Å². The normalized spacial score (nSPS) is 19.4. The lowest BCUT2D eigenvalue weighted by molar-refractivity contribution is 0.397. The van der Waals surface area contributed by atoms with Gasteiger partial charge in [0, 0.05) is 24.4 Å². The van der Waals surface area contributed by atoms with Crippen molar-refractivity contribution in [2.45, 2.75) is 38.0 Å². The zero-order valence-corrected chi connectivity index (χ0v) is 13.2. The molecule has 1 saturated carbocycles. The van der Waals surface area contributed by atoms with Crippen molar-refractivity contribution in [2.75, 3.05) is 0 Å². The standard InChI is InChI=1S/C18H20N4O/c1-22-17(12-6-3-2-4-7-12)21-15(18(22)23)11-14-10-13-8-5-9-19-16(13)20-14/h5,8-12,23H,2-4,6-7H2,1H3. The second kappa shape index (κ2) is 5.65. The van der Waals surface area contributed by atoms with Crippen molar-refractivity contribution >= 4 is 12.2 Å². The van der Waals surface area contributed by atoms with E-state index in [9.17, 15) is 5.11 Å². The van der Waals surface area contributed by atoms with Crippen LogP contribution >= 0.6 is 0 Å². The van der Waals surface area contributed by atoms with Gasteiger partial charge < -0.3 is 9.67 Å². The molecule has 0 spiro atoms. The molecular weight excluding hydrogens is 288 g/mol. The molecule has 0 amide bonds. The highest BCUT2D eigenvalue weighted by Gasteiger charge is 2.23. The maximum Gasteiger partial charge on any atom is 0.218 e. The summed E-state index contributed by atoms with van der Waals surface area (Å²) < 4.78 is 1.82. The Balaban J connectivity index is 1.70. The van der Waals surface area contributed by atoms with E-state index in [0.717, 1.165) is 35.1 Å². The van der Waals surface area contributed by atoms with Crippen LogP contribution in [0.5, 0.6) is 5.88 Å². The van der Waals surface area contributed by atoms with Crippen LogP contribution in [0.25, 0.3) is 12.2 Å². The summed E-state index contributed by atoms with van der Waals surface area (Å²) in [5.41, 5.74) is 2.10. The Bertz CT molecular complexity index is 851. The van der Waals surface area contributed by atoms with Gasteiger partial charge in [0.25, 0.3) is 0 Å². The van der Waals surface area contributed by atoms with Crippen molar-refractivity contribution in [3.8, 4) is 5.88 Å². The summed E-state index contributed by atoms with van der Waals surface area (Å²) in [6.45, 7) is 0. The maximum absolute atomic E-state index is 10.4. The minimum Gasteiger partial charge on any atom is -0.493 e. The lowest BCUT2D eigenvalue weighted by atomic mass is 9.89. The Morgan fingerprint density at radius 3 is 2.87 bits per heavy atom.